The Kier molecular flexibility index (Phi) is 6.31. The molecule has 8 heteroatoms. The molecule has 2 aromatic heterocycles. The Labute approximate surface area is 209 Å². The second kappa shape index (κ2) is 9.71. The average molecular weight is 503 g/mol. The van der Waals surface area contributed by atoms with Crippen molar-refractivity contribution in [1.82, 2.24) is 0 Å². The number of hydrogen-bond donors (Lipinski definition) is 0. The van der Waals surface area contributed by atoms with E-state index in [2.05, 4.69) is 0 Å². The molecule has 0 aliphatic rings. The van der Waals surface area contributed by atoms with Crippen LogP contribution in [0.15, 0.2) is 91.2 Å². The van der Waals surface area contributed by atoms with E-state index in [4.69, 9.17) is 29.9 Å². The third kappa shape index (κ3) is 4.74. The number of para-hydroxylation sites is 1. The topological polar surface area (TPSA) is 96.0 Å². The Balaban J connectivity index is 1.51. The van der Waals surface area contributed by atoms with Crippen molar-refractivity contribution < 1.29 is 23.1 Å². The van der Waals surface area contributed by atoms with Crippen molar-refractivity contribution in [3.05, 3.63) is 104 Å². The molecule has 0 spiro atoms. The van der Waals surface area contributed by atoms with E-state index >= 15 is 0 Å². The Morgan fingerprint density at radius 3 is 2.50 bits per heavy atom. The molecule has 36 heavy (non-hydrogen) atoms. The summed E-state index contributed by atoms with van der Waals surface area (Å²) in [6.45, 7) is 2.26. The molecule has 0 atom stereocenters. The first kappa shape index (κ1) is 23.4. The maximum atomic E-state index is 12.9. The van der Waals surface area contributed by atoms with Crippen LogP contribution in [-0.2, 0) is 11.2 Å². The standard InChI is InChI=1S/C28H19ClO7/c1-2-33-23-5-3-4-17-13-22(28(32)36-27(17)23)21-15-26(31)35-24-14-19(10-11-20(21)24)34-25(30)12-16-6-8-18(29)9-7-16/h3-11,13-15H,2,12H2,1H3. The van der Waals surface area contributed by atoms with Gasteiger partial charge in [-0.2, -0.15) is 0 Å². The number of rotatable bonds is 6. The van der Waals surface area contributed by atoms with Crippen LogP contribution in [0.2, 0.25) is 5.02 Å². The quantitative estimate of drug-likeness (QED) is 0.165. The summed E-state index contributed by atoms with van der Waals surface area (Å²) in [6.07, 6.45) is 0.0427. The van der Waals surface area contributed by atoms with Gasteiger partial charge < -0.3 is 18.3 Å². The van der Waals surface area contributed by atoms with Crippen molar-refractivity contribution in [3.63, 3.8) is 0 Å². The summed E-state index contributed by atoms with van der Waals surface area (Å²) in [5, 5.41) is 1.70. The predicted octanol–water partition coefficient (Wildman–Crippen LogP) is 5.77. The lowest BCUT2D eigenvalue weighted by molar-refractivity contribution is -0.133. The fraction of sp³-hybridized carbons (Fsp3) is 0.107. The number of halogens is 1. The van der Waals surface area contributed by atoms with Gasteiger partial charge in [-0.05, 0) is 48.9 Å². The third-order valence-electron chi connectivity index (χ3n) is 5.52. The lowest BCUT2D eigenvalue weighted by Crippen LogP contribution is -2.11. The van der Waals surface area contributed by atoms with Crippen LogP contribution < -0.4 is 20.7 Å². The smallest absolute Gasteiger partial charge is 0.344 e. The first-order chi connectivity index (χ1) is 17.4. The van der Waals surface area contributed by atoms with Crippen LogP contribution in [0.1, 0.15) is 12.5 Å². The molecular formula is C28H19ClO7. The Morgan fingerprint density at radius 2 is 1.72 bits per heavy atom. The molecule has 0 N–H and O–H groups in total. The maximum absolute atomic E-state index is 12.9. The van der Waals surface area contributed by atoms with Gasteiger partial charge in [0.2, 0.25) is 0 Å². The Morgan fingerprint density at radius 1 is 0.917 bits per heavy atom. The highest BCUT2D eigenvalue weighted by Gasteiger charge is 2.16. The van der Waals surface area contributed by atoms with Gasteiger partial charge in [-0.15, -0.1) is 0 Å². The summed E-state index contributed by atoms with van der Waals surface area (Å²) in [6, 6.07) is 19.7. The molecule has 5 aromatic rings. The largest absolute Gasteiger partial charge is 0.490 e. The summed E-state index contributed by atoms with van der Waals surface area (Å²) < 4.78 is 21.9. The number of hydrogen-bond acceptors (Lipinski definition) is 7. The van der Waals surface area contributed by atoms with E-state index in [0.717, 1.165) is 5.56 Å². The number of esters is 1. The van der Waals surface area contributed by atoms with Gasteiger partial charge in [0.1, 0.15) is 11.3 Å². The molecule has 0 fully saturated rings. The maximum Gasteiger partial charge on any atom is 0.344 e. The second-order valence-corrected chi connectivity index (χ2v) is 8.41. The normalized spacial score (nSPS) is 11.1. The zero-order valence-electron chi connectivity index (χ0n) is 19.1. The number of fused-ring (bicyclic) bond motifs is 2. The van der Waals surface area contributed by atoms with E-state index < -0.39 is 17.2 Å². The Hall–Kier alpha value is -4.36. The number of benzene rings is 3. The summed E-state index contributed by atoms with van der Waals surface area (Å²) in [5.41, 5.74) is 0.491. The second-order valence-electron chi connectivity index (χ2n) is 7.97. The number of carbonyl (C=O) groups is 1. The van der Waals surface area contributed by atoms with Gasteiger partial charge in [0.25, 0.3) is 0 Å². The highest BCUT2D eigenvalue weighted by atomic mass is 35.5. The van der Waals surface area contributed by atoms with Gasteiger partial charge in [0.05, 0.1) is 18.6 Å². The zero-order chi connectivity index (χ0) is 25.2. The van der Waals surface area contributed by atoms with Crippen LogP contribution in [0.25, 0.3) is 33.1 Å². The van der Waals surface area contributed by atoms with Crippen LogP contribution >= 0.6 is 11.6 Å². The van der Waals surface area contributed by atoms with Crippen LogP contribution in [0, 0.1) is 0 Å². The van der Waals surface area contributed by atoms with Gasteiger partial charge >= 0.3 is 17.2 Å². The molecule has 5 rings (SSSR count). The van der Waals surface area contributed by atoms with Gasteiger partial charge in [-0.3, -0.25) is 4.79 Å². The highest BCUT2D eigenvalue weighted by molar-refractivity contribution is 6.30. The molecule has 0 bridgehead atoms. The monoisotopic (exact) mass is 502 g/mol. The van der Waals surface area contributed by atoms with Crippen LogP contribution in [0.3, 0.4) is 0 Å². The molecule has 3 aromatic carbocycles. The lowest BCUT2D eigenvalue weighted by atomic mass is 10.0. The van der Waals surface area contributed by atoms with E-state index in [1.165, 1.54) is 12.1 Å². The van der Waals surface area contributed by atoms with Crippen molar-refractivity contribution in [2.75, 3.05) is 6.61 Å². The van der Waals surface area contributed by atoms with Crippen molar-refractivity contribution >= 4 is 39.5 Å². The Bertz CT molecular complexity index is 1720. The van der Waals surface area contributed by atoms with Crippen LogP contribution in [-0.4, -0.2) is 12.6 Å². The van der Waals surface area contributed by atoms with Gasteiger partial charge in [0.15, 0.2) is 11.3 Å². The minimum absolute atomic E-state index is 0.0427. The molecule has 0 saturated carbocycles. The lowest BCUT2D eigenvalue weighted by Gasteiger charge is -2.10. The van der Waals surface area contributed by atoms with Gasteiger partial charge in [-0.25, -0.2) is 9.59 Å². The van der Waals surface area contributed by atoms with Crippen molar-refractivity contribution in [2.45, 2.75) is 13.3 Å². The summed E-state index contributed by atoms with van der Waals surface area (Å²) in [7, 11) is 0. The predicted molar refractivity (Wildman–Crippen MR) is 136 cm³/mol. The van der Waals surface area contributed by atoms with E-state index in [1.807, 2.05) is 6.92 Å². The molecule has 0 radical (unpaired) electrons. The fourth-order valence-corrected chi connectivity index (χ4v) is 4.07. The number of carbonyl (C=O) groups excluding carboxylic acids is 1. The molecule has 180 valence electrons. The molecular weight excluding hydrogens is 484 g/mol. The summed E-state index contributed by atoms with van der Waals surface area (Å²) in [5.74, 6) is 0.172. The molecule has 0 amide bonds. The van der Waals surface area contributed by atoms with E-state index in [9.17, 15) is 14.4 Å². The van der Waals surface area contributed by atoms with E-state index in [1.54, 1.807) is 60.7 Å². The zero-order valence-corrected chi connectivity index (χ0v) is 19.8. The van der Waals surface area contributed by atoms with Crippen molar-refractivity contribution in [3.8, 4) is 22.6 Å². The van der Waals surface area contributed by atoms with Gasteiger partial charge in [0, 0.05) is 33.5 Å². The average Bonchev–Trinajstić information content (AvgIpc) is 2.85. The van der Waals surface area contributed by atoms with E-state index in [-0.39, 0.29) is 23.3 Å². The van der Waals surface area contributed by atoms with Crippen LogP contribution in [0.4, 0.5) is 0 Å². The minimum atomic E-state index is -0.662. The van der Waals surface area contributed by atoms with Gasteiger partial charge in [-0.1, -0.05) is 35.9 Å². The molecule has 7 nitrogen and oxygen atoms in total. The SMILES string of the molecule is CCOc1cccc2cc(-c3cc(=O)oc4cc(OC(=O)Cc5ccc(Cl)cc5)ccc34)c(=O)oc12. The van der Waals surface area contributed by atoms with E-state index in [0.29, 0.717) is 39.3 Å². The first-order valence-corrected chi connectivity index (χ1v) is 11.5. The molecule has 0 aliphatic heterocycles. The molecule has 0 saturated heterocycles. The third-order valence-corrected chi connectivity index (χ3v) is 5.78. The minimum Gasteiger partial charge on any atom is -0.490 e. The summed E-state index contributed by atoms with van der Waals surface area (Å²) in [4.78, 5) is 37.7. The fourth-order valence-electron chi connectivity index (χ4n) is 3.94. The summed E-state index contributed by atoms with van der Waals surface area (Å²) >= 11 is 5.88. The van der Waals surface area contributed by atoms with Crippen molar-refractivity contribution in [1.29, 1.82) is 0 Å². The molecule has 0 aliphatic carbocycles. The molecule has 2 heterocycles. The first-order valence-electron chi connectivity index (χ1n) is 11.1. The number of ether oxygens (including phenoxy) is 2. The van der Waals surface area contributed by atoms with Crippen LogP contribution in [0.5, 0.6) is 11.5 Å². The van der Waals surface area contributed by atoms with Crippen molar-refractivity contribution in [2.24, 2.45) is 0 Å². The molecule has 0 unspecified atom stereocenters. The highest BCUT2D eigenvalue weighted by Crippen LogP contribution is 2.32.